The van der Waals surface area contributed by atoms with Gasteiger partial charge in [0, 0.05) is 12.3 Å². The Morgan fingerprint density at radius 2 is 2.21 bits per heavy atom. The molecule has 0 atom stereocenters. The third kappa shape index (κ3) is 2.69. The number of benzene rings is 1. The fraction of sp³-hybridized carbons (Fsp3) is 0.182. The fourth-order valence-electron chi connectivity index (χ4n) is 0.911. The van der Waals surface area contributed by atoms with E-state index >= 15 is 0 Å². The van der Waals surface area contributed by atoms with Gasteiger partial charge in [-0.15, -0.1) is 11.6 Å². The second kappa shape index (κ2) is 5.17. The molecule has 14 heavy (non-hydrogen) atoms. The fourth-order valence-corrected chi connectivity index (χ4v) is 1.01. The Kier molecular flexibility index (Phi) is 3.85. The Hall–Kier alpha value is -1.64. The number of hydrogen-bond donors (Lipinski definition) is 1. The van der Waals surface area contributed by atoms with E-state index < -0.39 is 0 Å². The predicted molar refractivity (Wildman–Crippen MR) is 55.0 cm³/mol. The number of halogens is 1. The number of phenolic OH excluding ortho intramolecular Hbond substituents is 1. The molecule has 1 aromatic carbocycles. The number of aromatic hydroxyl groups is 1. The minimum absolute atomic E-state index is 0.0890. The van der Waals surface area contributed by atoms with Gasteiger partial charge in [-0.3, -0.25) is 0 Å². The normalized spacial score (nSPS) is 8.57. The lowest BCUT2D eigenvalue weighted by atomic mass is 10.1. The molecule has 0 saturated heterocycles. The van der Waals surface area contributed by atoms with Crippen molar-refractivity contribution in [3.63, 3.8) is 0 Å². The first-order valence-corrected chi connectivity index (χ1v) is 4.59. The number of phenols is 1. The van der Waals surface area contributed by atoms with Gasteiger partial charge >= 0.3 is 0 Å². The summed E-state index contributed by atoms with van der Waals surface area (Å²) >= 11 is 5.45. The minimum Gasteiger partial charge on any atom is -0.507 e. The maximum absolute atomic E-state index is 9.38. The van der Waals surface area contributed by atoms with E-state index in [1.807, 2.05) is 6.07 Å². The van der Waals surface area contributed by atoms with Crippen LogP contribution in [0.1, 0.15) is 17.5 Å². The number of rotatable bonds is 1. The summed E-state index contributed by atoms with van der Waals surface area (Å²) in [6, 6.07) is 6.54. The number of nitrogens with zero attached hydrogens (tertiary/aromatic N) is 1. The van der Waals surface area contributed by atoms with Crippen molar-refractivity contribution in [1.82, 2.24) is 0 Å². The summed E-state index contributed by atoms with van der Waals surface area (Å²) in [5.41, 5.74) is 0.951. The molecule has 0 saturated carbocycles. The zero-order valence-electron chi connectivity index (χ0n) is 7.42. The molecule has 1 rings (SSSR count). The molecule has 0 aromatic heterocycles. The van der Waals surface area contributed by atoms with Gasteiger partial charge in [0.1, 0.15) is 5.75 Å². The molecule has 0 amide bonds. The van der Waals surface area contributed by atoms with Gasteiger partial charge in [-0.1, -0.05) is 11.8 Å². The maximum atomic E-state index is 9.38. The molecule has 0 heterocycles. The van der Waals surface area contributed by atoms with E-state index in [9.17, 15) is 5.11 Å². The molecule has 2 nitrogen and oxygen atoms in total. The van der Waals surface area contributed by atoms with E-state index in [2.05, 4.69) is 11.8 Å². The van der Waals surface area contributed by atoms with Gasteiger partial charge < -0.3 is 5.11 Å². The largest absolute Gasteiger partial charge is 0.507 e. The molecule has 0 aliphatic carbocycles. The molecule has 0 spiro atoms. The van der Waals surface area contributed by atoms with E-state index in [1.54, 1.807) is 12.1 Å². The van der Waals surface area contributed by atoms with Crippen LogP contribution in [0, 0.1) is 23.2 Å². The van der Waals surface area contributed by atoms with E-state index in [0.717, 1.165) is 0 Å². The second-order valence-corrected chi connectivity index (χ2v) is 2.96. The minimum atomic E-state index is 0.0890. The molecule has 0 bridgehead atoms. The third-order valence-corrected chi connectivity index (χ3v) is 1.76. The van der Waals surface area contributed by atoms with Crippen LogP contribution < -0.4 is 0 Å². The van der Waals surface area contributed by atoms with Crippen LogP contribution in [0.5, 0.6) is 5.75 Å². The van der Waals surface area contributed by atoms with Gasteiger partial charge in [0.2, 0.25) is 0 Å². The van der Waals surface area contributed by atoms with Crippen LogP contribution in [0.25, 0.3) is 0 Å². The molecular weight excluding hydrogens is 198 g/mol. The lowest BCUT2D eigenvalue weighted by Crippen LogP contribution is -1.80. The van der Waals surface area contributed by atoms with Gasteiger partial charge in [0.25, 0.3) is 0 Å². The van der Waals surface area contributed by atoms with E-state index in [0.29, 0.717) is 23.4 Å². The average Bonchev–Trinajstić information content (AvgIpc) is 2.21. The molecular formula is C11H8ClNO. The van der Waals surface area contributed by atoms with Crippen LogP contribution in [-0.4, -0.2) is 11.0 Å². The van der Waals surface area contributed by atoms with Crippen molar-refractivity contribution in [2.24, 2.45) is 0 Å². The highest BCUT2D eigenvalue weighted by Gasteiger charge is 1.98. The summed E-state index contributed by atoms with van der Waals surface area (Å²) in [6.07, 6.45) is 0.567. The first-order valence-electron chi connectivity index (χ1n) is 4.06. The van der Waals surface area contributed by atoms with Crippen molar-refractivity contribution < 1.29 is 5.11 Å². The topological polar surface area (TPSA) is 44.0 Å². The summed E-state index contributed by atoms with van der Waals surface area (Å²) in [7, 11) is 0. The smallest absolute Gasteiger partial charge is 0.131 e. The molecule has 70 valence electrons. The molecule has 3 heteroatoms. The van der Waals surface area contributed by atoms with Crippen molar-refractivity contribution in [3.8, 4) is 23.7 Å². The van der Waals surface area contributed by atoms with Crippen LogP contribution in [-0.2, 0) is 0 Å². The van der Waals surface area contributed by atoms with Crippen molar-refractivity contribution in [1.29, 1.82) is 5.26 Å². The summed E-state index contributed by atoms with van der Waals surface area (Å²) in [5, 5.41) is 18.0. The van der Waals surface area contributed by atoms with Crippen LogP contribution in [0.3, 0.4) is 0 Å². The van der Waals surface area contributed by atoms with Crippen LogP contribution >= 0.6 is 11.6 Å². The van der Waals surface area contributed by atoms with Crippen molar-refractivity contribution in [3.05, 3.63) is 29.3 Å². The zero-order valence-corrected chi connectivity index (χ0v) is 8.17. The summed E-state index contributed by atoms with van der Waals surface area (Å²) < 4.78 is 0. The summed E-state index contributed by atoms with van der Waals surface area (Å²) in [5.74, 6) is 6.10. The lowest BCUT2D eigenvalue weighted by Gasteiger charge is -1.95. The molecule has 0 aliphatic heterocycles. The first kappa shape index (κ1) is 10.4. The van der Waals surface area contributed by atoms with E-state index in [4.69, 9.17) is 16.9 Å². The molecule has 0 unspecified atom stereocenters. The number of hydrogen-bond acceptors (Lipinski definition) is 2. The number of nitriles is 1. The van der Waals surface area contributed by atoms with Gasteiger partial charge in [-0.2, -0.15) is 5.26 Å². The summed E-state index contributed by atoms with van der Waals surface area (Å²) in [6.45, 7) is 0. The highest BCUT2D eigenvalue weighted by Crippen LogP contribution is 2.16. The Bertz CT molecular complexity index is 423. The molecule has 0 fully saturated rings. The molecule has 0 aliphatic rings. The average molecular weight is 206 g/mol. The lowest BCUT2D eigenvalue weighted by molar-refractivity contribution is 0.473. The monoisotopic (exact) mass is 205 g/mol. The Morgan fingerprint density at radius 3 is 2.86 bits per heavy atom. The summed E-state index contributed by atoms with van der Waals surface area (Å²) in [4.78, 5) is 0. The molecule has 1 aromatic rings. The predicted octanol–water partition coefficient (Wildman–Crippen LogP) is 2.24. The highest BCUT2D eigenvalue weighted by atomic mass is 35.5. The zero-order chi connectivity index (χ0) is 10.4. The Labute approximate surface area is 87.7 Å². The van der Waals surface area contributed by atoms with Gasteiger partial charge in [-0.05, 0) is 18.2 Å². The standard InChI is InChI=1S/C11H8ClNO/c12-6-2-1-3-10-7-9(8-13)4-5-11(10)14/h4-5,7,14H,2,6H2. The van der Waals surface area contributed by atoms with E-state index in [-0.39, 0.29) is 5.75 Å². The Morgan fingerprint density at radius 1 is 1.43 bits per heavy atom. The van der Waals surface area contributed by atoms with Crippen molar-refractivity contribution >= 4 is 11.6 Å². The molecule has 0 radical (unpaired) electrons. The Balaban J connectivity index is 2.98. The van der Waals surface area contributed by atoms with Crippen LogP contribution in [0.4, 0.5) is 0 Å². The first-order chi connectivity index (χ1) is 6.77. The maximum Gasteiger partial charge on any atom is 0.131 e. The quantitative estimate of drug-likeness (QED) is 0.565. The van der Waals surface area contributed by atoms with Crippen LogP contribution in [0.15, 0.2) is 18.2 Å². The van der Waals surface area contributed by atoms with Crippen molar-refractivity contribution in [2.45, 2.75) is 6.42 Å². The second-order valence-electron chi connectivity index (χ2n) is 2.58. The van der Waals surface area contributed by atoms with Crippen LogP contribution in [0.2, 0.25) is 0 Å². The molecule has 1 N–H and O–H groups in total. The SMILES string of the molecule is N#Cc1ccc(O)c(C#CCCCl)c1. The van der Waals surface area contributed by atoms with Crippen molar-refractivity contribution in [2.75, 3.05) is 5.88 Å². The van der Waals surface area contributed by atoms with E-state index in [1.165, 1.54) is 6.07 Å². The van der Waals surface area contributed by atoms with Gasteiger partial charge in [-0.25, -0.2) is 0 Å². The van der Waals surface area contributed by atoms with Gasteiger partial charge in [0.05, 0.1) is 17.2 Å². The van der Waals surface area contributed by atoms with Gasteiger partial charge in [0.15, 0.2) is 0 Å². The highest BCUT2D eigenvalue weighted by molar-refractivity contribution is 6.18. The third-order valence-electron chi connectivity index (χ3n) is 1.57. The number of alkyl halides is 1.